The van der Waals surface area contributed by atoms with Gasteiger partial charge in [0.2, 0.25) is 17.7 Å². The van der Waals surface area contributed by atoms with Crippen molar-refractivity contribution >= 4 is 29.1 Å². The van der Waals surface area contributed by atoms with E-state index >= 15 is 0 Å². The quantitative estimate of drug-likeness (QED) is 0.673. The first-order chi connectivity index (χ1) is 14.2. The summed E-state index contributed by atoms with van der Waals surface area (Å²) in [7, 11) is 0. The highest BCUT2D eigenvalue weighted by molar-refractivity contribution is 7.09. The Morgan fingerprint density at radius 3 is 2.77 bits per heavy atom. The topological polar surface area (TPSA) is 87.7 Å². The molecule has 1 spiro atoms. The molecule has 1 aromatic heterocycles. The first-order valence-electron chi connectivity index (χ1n) is 10.1. The van der Waals surface area contributed by atoms with Gasteiger partial charge >= 0.3 is 0 Å². The highest BCUT2D eigenvalue weighted by Crippen LogP contribution is 2.55. The molecule has 2 saturated heterocycles. The monoisotopic (exact) mass is 429 g/mol. The average molecular weight is 430 g/mol. The van der Waals surface area contributed by atoms with Gasteiger partial charge in [-0.15, -0.1) is 17.9 Å². The van der Waals surface area contributed by atoms with Crippen LogP contribution in [0.2, 0.25) is 0 Å². The van der Waals surface area contributed by atoms with Crippen molar-refractivity contribution in [3.05, 3.63) is 47.2 Å². The largest absolute Gasteiger partial charge is 0.359 e. The summed E-state index contributed by atoms with van der Waals surface area (Å²) >= 11 is 1.56. The van der Waals surface area contributed by atoms with E-state index in [1.54, 1.807) is 23.5 Å². The van der Waals surface area contributed by atoms with E-state index < -0.39 is 35.1 Å². The molecule has 0 saturated carbocycles. The van der Waals surface area contributed by atoms with Crippen molar-refractivity contribution in [2.45, 2.75) is 50.6 Å². The van der Waals surface area contributed by atoms with E-state index in [4.69, 9.17) is 4.74 Å². The third-order valence-corrected chi connectivity index (χ3v) is 6.64. The number of amides is 3. The summed E-state index contributed by atoms with van der Waals surface area (Å²) in [6.07, 6.45) is 4.69. The van der Waals surface area contributed by atoms with Crippen LogP contribution < -0.4 is 10.6 Å². The van der Waals surface area contributed by atoms with Crippen molar-refractivity contribution in [3.63, 3.8) is 0 Å². The van der Waals surface area contributed by atoms with Gasteiger partial charge in [-0.05, 0) is 32.2 Å². The fourth-order valence-corrected chi connectivity index (χ4v) is 5.39. The summed E-state index contributed by atoms with van der Waals surface area (Å²) in [5.74, 6) is -2.15. The van der Waals surface area contributed by atoms with Crippen LogP contribution in [-0.4, -0.2) is 52.5 Å². The number of fused-ring (bicyclic) bond motifs is 1. The molecule has 7 nitrogen and oxygen atoms in total. The Kier molecular flexibility index (Phi) is 5.10. The lowest BCUT2D eigenvalue weighted by molar-refractivity contribution is -0.141. The minimum Gasteiger partial charge on any atom is -0.359 e. The van der Waals surface area contributed by atoms with Gasteiger partial charge in [-0.2, -0.15) is 0 Å². The lowest BCUT2D eigenvalue weighted by Gasteiger charge is -2.34. The Bertz CT molecular complexity index is 904. The Morgan fingerprint density at radius 1 is 1.37 bits per heavy atom. The molecule has 160 valence electrons. The highest BCUT2D eigenvalue weighted by atomic mass is 32.1. The summed E-state index contributed by atoms with van der Waals surface area (Å²) < 4.78 is 6.22. The summed E-state index contributed by atoms with van der Waals surface area (Å²) in [5, 5.41) is 7.86. The molecule has 8 heteroatoms. The van der Waals surface area contributed by atoms with Gasteiger partial charge in [0.1, 0.15) is 11.6 Å². The first-order valence-corrected chi connectivity index (χ1v) is 11.0. The number of nitrogens with one attached hydrogen (secondary N) is 2. The molecule has 1 aromatic rings. The summed E-state index contributed by atoms with van der Waals surface area (Å²) in [6, 6.07) is 3.03. The molecule has 4 rings (SSSR count). The van der Waals surface area contributed by atoms with E-state index in [-0.39, 0.29) is 24.3 Å². The van der Waals surface area contributed by atoms with Gasteiger partial charge < -0.3 is 20.3 Å². The van der Waals surface area contributed by atoms with Crippen molar-refractivity contribution in [1.29, 1.82) is 0 Å². The van der Waals surface area contributed by atoms with Gasteiger partial charge in [0.05, 0.1) is 24.5 Å². The van der Waals surface area contributed by atoms with E-state index in [2.05, 4.69) is 17.2 Å². The third-order valence-electron chi connectivity index (χ3n) is 5.77. The van der Waals surface area contributed by atoms with Crippen LogP contribution in [0.5, 0.6) is 0 Å². The zero-order valence-electron chi connectivity index (χ0n) is 17.4. The van der Waals surface area contributed by atoms with Gasteiger partial charge in [0.25, 0.3) is 0 Å². The van der Waals surface area contributed by atoms with E-state index in [1.165, 1.54) is 4.90 Å². The Morgan fingerprint density at radius 2 is 2.13 bits per heavy atom. The van der Waals surface area contributed by atoms with Gasteiger partial charge in [-0.3, -0.25) is 14.4 Å². The number of ether oxygens (including phenoxy) is 1. The molecule has 0 radical (unpaired) electrons. The van der Waals surface area contributed by atoms with E-state index in [9.17, 15) is 14.4 Å². The minimum absolute atomic E-state index is 0.213. The Labute approximate surface area is 180 Å². The van der Waals surface area contributed by atoms with Gasteiger partial charge in [-0.1, -0.05) is 24.3 Å². The predicted molar refractivity (Wildman–Crippen MR) is 113 cm³/mol. The SMILES string of the molecule is C=CCN1C(=O)[C@@H]2[C@@H](C(=O)NCc3cccs3)[C@H]3C=C[C@@]2(O3)[C@H]1C(=O)NC(C)(C)C. The Hall–Kier alpha value is -2.45. The van der Waals surface area contributed by atoms with Gasteiger partial charge in [-0.25, -0.2) is 0 Å². The van der Waals surface area contributed by atoms with E-state index in [0.717, 1.165) is 4.88 Å². The van der Waals surface area contributed by atoms with Crippen LogP contribution in [0, 0.1) is 11.8 Å². The minimum atomic E-state index is -1.13. The van der Waals surface area contributed by atoms with Gasteiger partial charge in [0, 0.05) is 17.0 Å². The van der Waals surface area contributed by atoms with E-state index in [1.807, 2.05) is 44.4 Å². The maximum Gasteiger partial charge on any atom is 0.246 e. The maximum atomic E-state index is 13.4. The molecule has 3 amide bonds. The lowest BCUT2D eigenvalue weighted by atomic mass is 9.74. The number of hydrogen-bond donors (Lipinski definition) is 2. The fourth-order valence-electron chi connectivity index (χ4n) is 4.75. The normalized spacial score (nSPS) is 31.7. The number of carbonyl (C=O) groups is 3. The van der Waals surface area contributed by atoms with Crippen LogP contribution in [0.25, 0.3) is 0 Å². The second kappa shape index (κ2) is 7.35. The molecule has 5 atom stereocenters. The van der Waals surface area contributed by atoms with Crippen LogP contribution in [0.3, 0.4) is 0 Å². The van der Waals surface area contributed by atoms with Crippen LogP contribution in [-0.2, 0) is 25.7 Å². The number of likely N-dealkylation sites (tertiary alicyclic amines) is 1. The smallest absolute Gasteiger partial charge is 0.246 e. The Balaban J connectivity index is 1.63. The molecule has 4 heterocycles. The second-order valence-corrected chi connectivity index (χ2v) is 10.0. The number of thiophene rings is 1. The number of nitrogens with zero attached hydrogens (tertiary/aromatic N) is 1. The van der Waals surface area contributed by atoms with Crippen molar-refractivity contribution in [2.24, 2.45) is 11.8 Å². The van der Waals surface area contributed by atoms with Crippen molar-refractivity contribution in [3.8, 4) is 0 Å². The summed E-state index contributed by atoms with van der Waals surface area (Å²) in [6.45, 7) is 10.0. The fraction of sp³-hybridized carbons (Fsp3) is 0.500. The number of carbonyl (C=O) groups excluding carboxylic acids is 3. The van der Waals surface area contributed by atoms with Crippen molar-refractivity contribution in [2.75, 3.05) is 6.54 Å². The number of rotatable bonds is 6. The molecule has 2 N–H and O–H groups in total. The second-order valence-electron chi connectivity index (χ2n) is 9.02. The van der Waals surface area contributed by atoms with Crippen molar-refractivity contribution < 1.29 is 19.1 Å². The van der Waals surface area contributed by atoms with Crippen LogP contribution in [0.4, 0.5) is 0 Å². The highest BCUT2D eigenvalue weighted by Gasteiger charge is 2.72. The van der Waals surface area contributed by atoms with Crippen molar-refractivity contribution in [1.82, 2.24) is 15.5 Å². The lowest BCUT2D eigenvalue weighted by Crippen LogP contribution is -2.57. The zero-order valence-corrected chi connectivity index (χ0v) is 18.2. The molecule has 30 heavy (non-hydrogen) atoms. The predicted octanol–water partition coefficient (Wildman–Crippen LogP) is 1.62. The van der Waals surface area contributed by atoms with Crippen LogP contribution in [0.1, 0.15) is 25.6 Å². The molecule has 0 aliphatic carbocycles. The zero-order chi connectivity index (χ0) is 21.7. The molecular weight excluding hydrogens is 402 g/mol. The maximum absolute atomic E-state index is 13.4. The molecule has 3 aliphatic heterocycles. The third kappa shape index (κ3) is 3.28. The standard InChI is InChI=1S/C22H27N3O4S/c1-5-10-25-17(19(27)24-21(2,3)4)22-9-8-14(29-22)15(16(22)20(25)28)18(26)23-12-13-7-6-11-30-13/h5-9,11,14-17H,1,10,12H2,2-4H3,(H,23,26)(H,24,27)/t14-,15+,16+,17-,22+/m1/s1. The molecule has 0 unspecified atom stereocenters. The van der Waals surface area contributed by atoms with E-state index in [0.29, 0.717) is 6.54 Å². The summed E-state index contributed by atoms with van der Waals surface area (Å²) in [5.41, 5.74) is -1.60. The van der Waals surface area contributed by atoms with Crippen LogP contribution in [0.15, 0.2) is 42.3 Å². The number of hydrogen-bond acceptors (Lipinski definition) is 5. The molecular formula is C22H27N3O4S. The average Bonchev–Trinajstić information content (AvgIpc) is 3.41. The molecule has 0 aromatic carbocycles. The first kappa shape index (κ1) is 20.8. The molecule has 3 aliphatic rings. The van der Waals surface area contributed by atoms with Gasteiger partial charge in [0.15, 0.2) is 0 Å². The van der Waals surface area contributed by atoms with Crippen LogP contribution >= 0.6 is 11.3 Å². The summed E-state index contributed by atoms with van der Waals surface area (Å²) in [4.78, 5) is 42.2. The molecule has 2 fully saturated rings. The molecule has 2 bridgehead atoms.